The van der Waals surface area contributed by atoms with Gasteiger partial charge >= 0.3 is 5.97 Å². The molecular formula is C11H15NO3. The molecule has 0 bridgehead atoms. The zero-order valence-electron chi connectivity index (χ0n) is 8.68. The molecule has 0 radical (unpaired) electrons. The lowest BCUT2D eigenvalue weighted by atomic mass is 10.1. The fourth-order valence-corrected chi connectivity index (χ4v) is 1.32. The van der Waals surface area contributed by atoms with Crippen molar-refractivity contribution in [1.82, 2.24) is 0 Å². The van der Waals surface area contributed by atoms with Gasteiger partial charge in [-0.2, -0.15) is 0 Å². The van der Waals surface area contributed by atoms with Gasteiger partial charge in [-0.25, -0.2) is 0 Å². The van der Waals surface area contributed by atoms with Crippen molar-refractivity contribution >= 4 is 11.7 Å². The first kappa shape index (κ1) is 11.5. The Balaban J connectivity index is 2.67. The Morgan fingerprint density at radius 1 is 1.33 bits per heavy atom. The molecule has 82 valence electrons. The lowest BCUT2D eigenvalue weighted by Crippen LogP contribution is -2.20. The molecule has 0 aliphatic heterocycles. The maximum atomic E-state index is 10.4. The van der Waals surface area contributed by atoms with E-state index in [-0.39, 0.29) is 13.0 Å². The largest absolute Gasteiger partial charge is 0.481 e. The van der Waals surface area contributed by atoms with Crippen LogP contribution in [0.25, 0.3) is 0 Å². The Bertz CT molecular complexity index is 321. The van der Waals surface area contributed by atoms with Crippen LogP contribution in [0.3, 0.4) is 0 Å². The quantitative estimate of drug-likeness (QED) is 0.751. The molecule has 0 aliphatic rings. The molecule has 1 aromatic carbocycles. The van der Waals surface area contributed by atoms with Gasteiger partial charge in [0.15, 0.2) is 0 Å². The van der Waals surface area contributed by atoms with E-state index >= 15 is 0 Å². The van der Waals surface area contributed by atoms with Crippen molar-refractivity contribution in [1.29, 1.82) is 0 Å². The van der Waals surface area contributed by atoms with Crippen LogP contribution in [0.5, 0.6) is 0 Å². The molecule has 0 spiro atoms. The Kier molecular flexibility index (Phi) is 4.12. The van der Waals surface area contributed by atoms with Gasteiger partial charge in [-0.1, -0.05) is 12.1 Å². The van der Waals surface area contributed by atoms with E-state index in [1.54, 1.807) is 12.1 Å². The first-order chi connectivity index (χ1) is 7.13. The number of nitrogens with zero attached hydrogens (tertiary/aromatic N) is 1. The minimum atomic E-state index is -0.827. The average molecular weight is 209 g/mol. The van der Waals surface area contributed by atoms with Gasteiger partial charge < -0.3 is 15.1 Å². The van der Waals surface area contributed by atoms with Crippen molar-refractivity contribution in [2.45, 2.75) is 6.42 Å². The van der Waals surface area contributed by atoms with E-state index < -0.39 is 5.97 Å². The molecular weight excluding hydrogens is 194 g/mol. The van der Waals surface area contributed by atoms with E-state index in [0.717, 1.165) is 11.3 Å². The van der Waals surface area contributed by atoms with Crippen molar-refractivity contribution < 1.29 is 15.0 Å². The molecule has 0 fully saturated rings. The fourth-order valence-electron chi connectivity index (χ4n) is 1.32. The van der Waals surface area contributed by atoms with Gasteiger partial charge in [0.2, 0.25) is 0 Å². The summed E-state index contributed by atoms with van der Waals surface area (Å²) in [4.78, 5) is 12.4. The summed E-state index contributed by atoms with van der Waals surface area (Å²) in [7, 11) is 1.88. The van der Waals surface area contributed by atoms with E-state index in [2.05, 4.69) is 0 Å². The highest BCUT2D eigenvalue weighted by Crippen LogP contribution is 2.13. The van der Waals surface area contributed by atoms with Gasteiger partial charge in [-0.15, -0.1) is 0 Å². The second-order valence-electron chi connectivity index (χ2n) is 3.38. The van der Waals surface area contributed by atoms with Crippen molar-refractivity contribution in [2.75, 3.05) is 25.1 Å². The second kappa shape index (κ2) is 5.36. The zero-order valence-corrected chi connectivity index (χ0v) is 8.68. The summed E-state index contributed by atoms with van der Waals surface area (Å²) in [5.74, 6) is -0.827. The van der Waals surface area contributed by atoms with Gasteiger partial charge in [-0.3, -0.25) is 4.79 Å². The van der Waals surface area contributed by atoms with E-state index in [1.165, 1.54) is 0 Å². The summed E-state index contributed by atoms with van der Waals surface area (Å²) < 4.78 is 0. The fraction of sp³-hybridized carbons (Fsp3) is 0.364. The van der Waals surface area contributed by atoms with E-state index in [0.29, 0.717) is 6.54 Å². The summed E-state index contributed by atoms with van der Waals surface area (Å²) in [6.45, 7) is 0.672. The van der Waals surface area contributed by atoms with Crippen molar-refractivity contribution in [2.24, 2.45) is 0 Å². The number of aliphatic hydroxyl groups excluding tert-OH is 1. The molecule has 0 aliphatic carbocycles. The molecule has 4 heteroatoms. The van der Waals surface area contributed by atoms with Gasteiger partial charge in [0, 0.05) is 19.3 Å². The van der Waals surface area contributed by atoms with Crippen molar-refractivity contribution in [3.63, 3.8) is 0 Å². The number of rotatable bonds is 5. The summed E-state index contributed by atoms with van der Waals surface area (Å²) in [5.41, 5.74) is 1.75. The predicted molar refractivity (Wildman–Crippen MR) is 58.1 cm³/mol. The highest BCUT2D eigenvalue weighted by atomic mass is 16.4. The average Bonchev–Trinajstić information content (AvgIpc) is 2.18. The van der Waals surface area contributed by atoms with Crippen LogP contribution in [-0.4, -0.2) is 36.4 Å². The third-order valence-electron chi connectivity index (χ3n) is 2.17. The van der Waals surface area contributed by atoms with E-state index in [1.807, 2.05) is 24.1 Å². The number of benzene rings is 1. The Morgan fingerprint density at radius 2 is 1.93 bits per heavy atom. The molecule has 0 saturated carbocycles. The predicted octanol–water partition coefficient (Wildman–Crippen LogP) is 0.742. The number of likely N-dealkylation sites (N-methyl/N-ethyl adjacent to an activating group) is 1. The zero-order chi connectivity index (χ0) is 11.3. The molecule has 15 heavy (non-hydrogen) atoms. The van der Waals surface area contributed by atoms with Crippen LogP contribution in [0.1, 0.15) is 5.56 Å². The van der Waals surface area contributed by atoms with Crippen LogP contribution in [0, 0.1) is 0 Å². The van der Waals surface area contributed by atoms with Crippen LogP contribution in [0.4, 0.5) is 5.69 Å². The van der Waals surface area contributed by atoms with Gasteiger partial charge in [-0.05, 0) is 17.7 Å². The number of hydrogen-bond acceptors (Lipinski definition) is 3. The van der Waals surface area contributed by atoms with Crippen LogP contribution in [0.2, 0.25) is 0 Å². The molecule has 0 atom stereocenters. The normalized spacial score (nSPS) is 10.0. The number of aliphatic hydroxyl groups is 1. The van der Waals surface area contributed by atoms with Crippen LogP contribution >= 0.6 is 0 Å². The lowest BCUT2D eigenvalue weighted by Gasteiger charge is -2.17. The molecule has 0 amide bonds. The number of carbonyl (C=O) groups is 1. The smallest absolute Gasteiger partial charge is 0.307 e. The SMILES string of the molecule is CN(CCO)c1ccc(CC(=O)O)cc1. The summed E-state index contributed by atoms with van der Waals surface area (Å²) in [5, 5.41) is 17.3. The molecule has 2 N–H and O–H groups in total. The van der Waals surface area contributed by atoms with Crippen LogP contribution in [0.15, 0.2) is 24.3 Å². The number of carboxylic acids is 1. The van der Waals surface area contributed by atoms with E-state index in [4.69, 9.17) is 10.2 Å². The third-order valence-corrected chi connectivity index (χ3v) is 2.17. The highest BCUT2D eigenvalue weighted by molar-refractivity contribution is 5.70. The number of aliphatic carboxylic acids is 1. The van der Waals surface area contributed by atoms with Gasteiger partial charge in [0.05, 0.1) is 13.0 Å². The molecule has 1 aromatic rings. The Hall–Kier alpha value is -1.55. The first-order valence-electron chi connectivity index (χ1n) is 4.76. The molecule has 0 aromatic heterocycles. The molecule has 4 nitrogen and oxygen atoms in total. The standard InChI is InChI=1S/C11H15NO3/c1-12(6-7-13)10-4-2-9(3-5-10)8-11(14)15/h2-5,13H,6-8H2,1H3,(H,14,15). The summed E-state index contributed by atoms with van der Waals surface area (Å²) >= 11 is 0. The summed E-state index contributed by atoms with van der Waals surface area (Å²) in [6.07, 6.45) is 0.0456. The van der Waals surface area contributed by atoms with E-state index in [9.17, 15) is 4.79 Å². The monoisotopic (exact) mass is 209 g/mol. The molecule has 1 rings (SSSR count). The number of carboxylic acid groups (broad SMARTS) is 1. The minimum Gasteiger partial charge on any atom is -0.481 e. The van der Waals surface area contributed by atoms with Gasteiger partial charge in [0.25, 0.3) is 0 Å². The number of anilines is 1. The Morgan fingerprint density at radius 3 is 2.40 bits per heavy atom. The lowest BCUT2D eigenvalue weighted by molar-refractivity contribution is -0.136. The topological polar surface area (TPSA) is 60.8 Å². The second-order valence-corrected chi connectivity index (χ2v) is 3.38. The van der Waals surface area contributed by atoms with Crippen molar-refractivity contribution in [3.8, 4) is 0 Å². The molecule has 0 heterocycles. The van der Waals surface area contributed by atoms with Gasteiger partial charge in [0.1, 0.15) is 0 Å². The number of hydrogen-bond donors (Lipinski definition) is 2. The maximum Gasteiger partial charge on any atom is 0.307 e. The Labute approximate surface area is 88.8 Å². The van der Waals surface area contributed by atoms with Crippen LogP contribution < -0.4 is 4.90 Å². The minimum absolute atomic E-state index is 0.0456. The third kappa shape index (κ3) is 3.59. The van der Waals surface area contributed by atoms with Crippen LogP contribution in [-0.2, 0) is 11.2 Å². The maximum absolute atomic E-state index is 10.4. The highest BCUT2D eigenvalue weighted by Gasteiger charge is 2.02. The molecule has 0 saturated heterocycles. The van der Waals surface area contributed by atoms with Crippen molar-refractivity contribution in [3.05, 3.63) is 29.8 Å². The molecule has 0 unspecified atom stereocenters. The first-order valence-corrected chi connectivity index (χ1v) is 4.76. The summed E-state index contributed by atoms with van der Waals surface area (Å²) in [6, 6.07) is 7.29.